The van der Waals surface area contributed by atoms with Gasteiger partial charge in [-0.05, 0) is 33.4 Å². The van der Waals surface area contributed by atoms with E-state index in [1.165, 1.54) is 19.3 Å². The Bertz CT molecular complexity index is 63.1. The minimum atomic E-state index is 0.306. The zero-order valence-electron chi connectivity index (χ0n) is 5.62. The van der Waals surface area contributed by atoms with Gasteiger partial charge < -0.3 is 10.6 Å². The second kappa shape index (κ2) is 2.03. The molecule has 0 aliphatic heterocycles. The first-order valence-corrected chi connectivity index (χ1v) is 3.21. The van der Waals surface area contributed by atoms with Gasteiger partial charge in [0.15, 0.2) is 0 Å². The van der Waals surface area contributed by atoms with Gasteiger partial charge in [-0.3, -0.25) is 0 Å². The molecule has 0 aromatic carbocycles. The Morgan fingerprint density at radius 3 is 1.62 bits per heavy atom. The lowest BCUT2D eigenvalue weighted by Gasteiger charge is -2.41. The van der Waals surface area contributed by atoms with E-state index in [0.29, 0.717) is 5.66 Å². The van der Waals surface area contributed by atoms with Gasteiger partial charge in [0.25, 0.3) is 0 Å². The first-order valence-electron chi connectivity index (χ1n) is 3.21. The van der Waals surface area contributed by atoms with Gasteiger partial charge in [-0.2, -0.15) is 0 Å². The summed E-state index contributed by atoms with van der Waals surface area (Å²) < 4.78 is 0. The first kappa shape index (κ1) is 6.05. The van der Waals surface area contributed by atoms with Crippen molar-refractivity contribution in [1.29, 1.82) is 0 Å². The quantitative estimate of drug-likeness (QED) is 0.505. The third kappa shape index (κ3) is 0.740. The summed E-state index contributed by atoms with van der Waals surface area (Å²) >= 11 is 0. The second-order valence-electron chi connectivity index (χ2n) is 2.44. The van der Waals surface area contributed by atoms with Crippen LogP contribution in [0.25, 0.3) is 0 Å². The molecule has 0 radical (unpaired) electrons. The molecule has 1 aliphatic carbocycles. The molecule has 1 fully saturated rings. The van der Waals surface area contributed by atoms with Gasteiger partial charge in [-0.25, -0.2) is 0 Å². The van der Waals surface area contributed by atoms with Crippen molar-refractivity contribution in [1.82, 2.24) is 10.6 Å². The number of hydrogen-bond donors (Lipinski definition) is 2. The molecule has 0 heterocycles. The molecular weight excluding hydrogens is 100 g/mol. The summed E-state index contributed by atoms with van der Waals surface area (Å²) in [5.41, 5.74) is 0.306. The molecule has 48 valence electrons. The van der Waals surface area contributed by atoms with Gasteiger partial charge >= 0.3 is 0 Å². The van der Waals surface area contributed by atoms with Crippen molar-refractivity contribution in [2.24, 2.45) is 0 Å². The van der Waals surface area contributed by atoms with E-state index < -0.39 is 0 Å². The topological polar surface area (TPSA) is 24.1 Å². The van der Waals surface area contributed by atoms with E-state index in [-0.39, 0.29) is 0 Å². The first-order chi connectivity index (χ1) is 3.83. The summed E-state index contributed by atoms with van der Waals surface area (Å²) in [6.45, 7) is 0. The minimum absolute atomic E-state index is 0.306. The molecule has 0 bridgehead atoms. The molecule has 2 nitrogen and oxygen atoms in total. The van der Waals surface area contributed by atoms with Crippen LogP contribution in [0.5, 0.6) is 0 Å². The summed E-state index contributed by atoms with van der Waals surface area (Å²) in [7, 11) is 4.02. The van der Waals surface area contributed by atoms with Crippen LogP contribution in [0.15, 0.2) is 0 Å². The SMILES string of the molecule is CNC1(NC)CCC1. The number of nitrogens with one attached hydrogen (secondary N) is 2. The number of rotatable bonds is 2. The molecule has 1 rings (SSSR count). The van der Waals surface area contributed by atoms with Crippen molar-refractivity contribution in [3.8, 4) is 0 Å². The average Bonchev–Trinajstić information content (AvgIpc) is 1.67. The van der Waals surface area contributed by atoms with Crippen molar-refractivity contribution in [3.05, 3.63) is 0 Å². The van der Waals surface area contributed by atoms with Crippen LogP contribution in [0.1, 0.15) is 19.3 Å². The maximum Gasteiger partial charge on any atom is 0.0682 e. The zero-order chi connectivity index (χ0) is 6.04. The molecule has 0 unspecified atom stereocenters. The van der Waals surface area contributed by atoms with Gasteiger partial charge in [-0.1, -0.05) is 0 Å². The molecule has 8 heavy (non-hydrogen) atoms. The highest BCUT2D eigenvalue weighted by atomic mass is 15.2. The Labute approximate surface area is 50.7 Å². The van der Waals surface area contributed by atoms with Gasteiger partial charge in [0.2, 0.25) is 0 Å². The highest BCUT2D eigenvalue weighted by Crippen LogP contribution is 2.27. The molecular formula is C6H14N2. The molecule has 0 atom stereocenters. The molecule has 1 saturated carbocycles. The Morgan fingerprint density at radius 1 is 1.12 bits per heavy atom. The molecule has 2 N–H and O–H groups in total. The van der Waals surface area contributed by atoms with Crippen molar-refractivity contribution < 1.29 is 0 Å². The fourth-order valence-corrected chi connectivity index (χ4v) is 1.16. The largest absolute Gasteiger partial charge is 0.302 e. The van der Waals surface area contributed by atoms with Crippen LogP contribution in [0.2, 0.25) is 0 Å². The lowest BCUT2D eigenvalue weighted by atomic mass is 9.85. The molecule has 0 aromatic rings. The molecule has 0 aromatic heterocycles. The standard InChI is InChI=1S/C6H14N2/c1-7-6(8-2)4-3-5-6/h7-8H,3-5H2,1-2H3. The third-order valence-electron chi connectivity index (χ3n) is 2.16. The Kier molecular flexibility index (Phi) is 1.54. The predicted molar refractivity (Wildman–Crippen MR) is 34.7 cm³/mol. The Balaban J connectivity index is 2.33. The molecule has 1 aliphatic rings. The van der Waals surface area contributed by atoms with Gasteiger partial charge in [0, 0.05) is 0 Å². The summed E-state index contributed by atoms with van der Waals surface area (Å²) in [5.74, 6) is 0. The van der Waals surface area contributed by atoms with Crippen molar-refractivity contribution in [2.75, 3.05) is 14.1 Å². The summed E-state index contributed by atoms with van der Waals surface area (Å²) in [6, 6.07) is 0. The summed E-state index contributed by atoms with van der Waals surface area (Å²) in [6.07, 6.45) is 3.92. The van der Waals surface area contributed by atoms with Crippen LogP contribution in [-0.2, 0) is 0 Å². The lowest BCUT2D eigenvalue weighted by Crippen LogP contribution is -2.58. The zero-order valence-corrected chi connectivity index (χ0v) is 5.62. The van der Waals surface area contributed by atoms with Crippen molar-refractivity contribution >= 4 is 0 Å². The monoisotopic (exact) mass is 114 g/mol. The normalized spacial score (nSPS) is 24.8. The van der Waals surface area contributed by atoms with E-state index in [9.17, 15) is 0 Å². The lowest BCUT2D eigenvalue weighted by molar-refractivity contribution is 0.161. The van der Waals surface area contributed by atoms with Crippen LogP contribution in [0, 0.1) is 0 Å². The summed E-state index contributed by atoms with van der Waals surface area (Å²) in [4.78, 5) is 0. The molecule has 0 saturated heterocycles. The van der Waals surface area contributed by atoms with E-state index in [4.69, 9.17) is 0 Å². The predicted octanol–water partition coefficient (Wildman–Crippen LogP) is 0.305. The minimum Gasteiger partial charge on any atom is -0.302 e. The van der Waals surface area contributed by atoms with Gasteiger partial charge in [-0.15, -0.1) is 0 Å². The maximum atomic E-state index is 3.25. The van der Waals surface area contributed by atoms with Crippen LogP contribution in [-0.4, -0.2) is 19.8 Å². The van der Waals surface area contributed by atoms with Gasteiger partial charge in [0.1, 0.15) is 0 Å². The van der Waals surface area contributed by atoms with Gasteiger partial charge in [0.05, 0.1) is 5.66 Å². The number of hydrogen-bond acceptors (Lipinski definition) is 2. The molecule has 0 amide bonds. The smallest absolute Gasteiger partial charge is 0.0682 e. The van der Waals surface area contributed by atoms with Crippen LogP contribution < -0.4 is 10.6 Å². The highest BCUT2D eigenvalue weighted by molar-refractivity contribution is 4.90. The molecule has 0 spiro atoms. The van der Waals surface area contributed by atoms with Crippen LogP contribution in [0.3, 0.4) is 0 Å². The van der Waals surface area contributed by atoms with Crippen molar-refractivity contribution in [2.45, 2.75) is 24.9 Å². The van der Waals surface area contributed by atoms with Crippen LogP contribution in [0.4, 0.5) is 0 Å². The van der Waals surface area contributed by atoms with E-state index in [1.54, 1.807) is 0 Å². The fourth-order valence-electron chi connectivity index (χ4n) is 1.16. The molecule has 2 heteroatoms. The highest BCUT2D eigenvalue weighted by Gasteiger charge is 2.32. The van der Waals surface area contributed by atoms with E-state index in [0.717, 1.165) is 0 Å². The Hall–Kier alpha value is -0.0800. The summed E-state index contributed by atoms with van der Waals surface area (Å²) in [5, 5.41) is 6.51. The Morgan fingerprint density at radius 2 is 1.62 bits per heavy atom. The second-order valence-corrected chi connectivity index (χ2v) is 2.44. The van der Waals surface area contributed by atoms with Crippen molar-refractivity contribution in [3.63, 3.8) is 0 Å². The maximum absolute atomic E-state index is 3.25. The van der Waals surface area contributed by atoms with E-state index >= 15 is 0 Å². The van der Waals surface area contributed by atoms with E-state index in [2.05, 4.69) is 10.6 Å². The average molecular weight is 114 g/mol. The van der Waals surface area contributed by atoms with E-state index in [1.807, 2.05) is 14.1 Å². The fraction of sp³-hybridized carbons (Fsp3) is 1.00. The third-order valence-corrected chi connectivity index (χ3v) is 2.16. The van der Waals surface area contributed by atoms with Crippen LogP contribution >= 0.6 is 0 Å².